The molecule has 134 valence electrons. The number of nitrogens with one attached hydrogen (secondary N) is 1. The predicted octanol–water partition coefficient (Wildman–Crippen LogP) is -3.47. The molecule has 0 aromatic carbocycles. The van der Waals surface area contributed by atoms with Crippen molar-refractivity contribution in [3.05, 3.63) is 22.7 Å². The molecule has 0 radical (unpaired) electrons. The summed E-state index contributed by atoms with van der Waals surface area (Å²) in [7, 11) is 0. The van der Waals surface area contributed by atoms with E-state index < -0.39 is 55.5 Å². The van der Waals surface area contributed by atoms with Crippen LogP contribution in [-0.4, -0.2) is 73.6 Å². The number of carbonyl (C=O) groups is 1. The first-order chi connectivity index (χ1) is 11.4. The highest BCUT2D eigenvalue weighted by Gasteiger charge is 2.44. The fraction of sp³-hybridized carbons (Fsp3) is 0.583. The molecule has 12 heteroatoms. The van der Waals surface area contributed by atoms with Crippen molar-refractivity contribution in [2.45, 2.75) is 30.6 Å². The van der Waals surface area contributed by atoms with Crippen molar-refractivity contribution in [3.8, 4) is 0 Å². The van der Waals surface area contributed by atoms with E-state index in [1.54, 1.807) is 5.48 Å². The minimum absolute atomic E-state index is 0.104. The van der Waals surface area contributed by atoms with Crippen molar-refractivity contribution in [2.75, 3.05) is 18.7 Å². The number of nitrogens with two attached hydrogens (primary N) is 1. The molecule has 0 bridgehead atoms. The Balaban J connectivity index is 2.07. The lowest BCUT2D eigenvalue weighted by atomic mass is 10.1. The highest BCUT2D eigenvalue weighted by atomic mass is 16.6. The Morgan fingerprint density at radius 1 is 1.50 bits per heavy atom. The van der Waals surface area contributed by atoms with Gasteiger partial charge in [-0.25, -0.2) is 4.79 Å². The molecule has 5 atom stereocenters. The van der Waals surface area contributed by atoms with E-state index in [1.807, 2.05) is 0 Å². The molecule has 1 aliphatic rings. The van der Waals surface area contributed by atoms with Crippen LogP contribution >= 0.6 is 0 Å². The Hall–Kier alpha value is -2.09. The summed E-state index contributed by atoms with van der Waals surface area (Å²) in [6, 6.07) is 0.0203. The summed E-state index contributed by atoms with van der Waals surface area (Å²) in [6.07, 6.45) is -4.08. The Morgan fingerprint density at radius 3 is 2.79 bits per heavy atom. The third kappa shape index (κ3) is 3.69. The summed E-state index contributed by atoms with van der Waals surface area (Å²) in [4.78, 5) is 26.7. The summed E-state index contributed by atoms with van der Waals surface area (Å²) < 4.78 is 11.0. The lowest BCUT2D eigenvalue weighted by molar-refractivity contribution is -0.152. The number of carbonyl (C=O) groups excluding carboxylic acids is 1. The minimum atomic E-state index is -1.48. The summed E-state index contributed by atoms with van der Waals surface area (Å²) in [6.45, 7) is -1.04. The second-order valence-corrected chi connectivity index (χ2v) is 5.08. The van der Waals surface area contributed by atoms with Gasteiger partial charge < -0.3 is 30.5 Å². The van der Waals surface area contributed by atoms with Crippen molar-refractivity contribution in [1.29, 1.82) is 0 Å². The maximum absolute atomic E-state index is 11.8. The Labute approximate surface area is 135 Å². The van der Waals surface area contributed by atoms with Gasteiger partial charge in [0.25, 0.3) is 0 Å². The second kappa shape index (κ2) is 7.65. The van der Waals surface area contributed by atoms with E-state index in [4.69, 9.17) is 25.5 Å². The number of aliphatic hydroxyl groups is 3. The molecule has 0 aliphatic carbocycles. The number of aromatic nitrogens is 2. The van der Waals surface area contributed by atoms with Crippen LogP contribution in [0.25, 0.3) is 0 Å². The molecule has 0 spiro atoms. The topological polar surface area (TPSA) is 189 Å². The Morgan fingerprint density at radius 2 is 2.21 bits per heavy atom. The first-order valence-corrected chi connectivity index (χ1v) is 6.93. The summed E-state index contributed by atoms with van der Waals surface area (Å²) in [5.74, 6) is -1.00. The van der Waals surface area contributed by atoms with Crippen LogP contribution in [0.3, 0.4) is 0 Å². The van der Waals surface area contributed by atoms with Gasteiger partial charge in [0, 0.05) is 6.20 Å². The quantitative estimate of drug-likeness (QED) is 0.221. The second-order valence-electron chi connectivity index (χ2n) is 5.08. The molecule has 1 aromatic rings. The molecule has 1 saturated heterocycles. The maximum atomic E-state index is 11.8. The van der Waals surface area contributed by atoms with Crippen LogP contribution in [0.5, 0.6) is 0 Å². The molecule has 0 unspecified atom stereocenters. The van der Waals surface area contributed by atoms with Crippen LogP contribution in [0.1, 0.15) is 6.23 Å². The van der Waals surface area contributed by atoms with E-state index in [2.05, 4.69) is 4.98 Å². The van der Waals surface area contributed by atoms with Gasteiger partial charge in [0.15, 0.2) is 12.0 Å². The highest BCUT2D eigenvalue weighted by molar-refractivity contribution is 5.75. The van der Waals surface area contributed by atoms with Crippen LogP contribution in [0.2, 0.25) is 0 Å². The molecule has 1 aromatic heterocycles. The number of anilines is 1. The van der Waals surface area contributed by atoms with Crippen LogP contribution in [0.4, 0.5) is 5.82 Å². The third-order valence-corrected chi connectivity index (χ3v) is 3.45. The lowest BCUT2D eigenvalue weighted by Crippen LogP contribution is -2.39. The molecular formula is C12H18N4O8. The van der Waals surface area contributed by atoms with Crippen LogP contribution in [-0.2, 0) is 14.3 Å². The standard InChI is InChI=1S/C12H18N4O8/c13-5(3-17)11(20)23-4-6-8(18)9(19)10(24-6)16-2-1-7(15-22)14-12(16)21/h1-2,5-6,8-10,17-19,22H,3-4,13H2,(H,14,15,21)/t5-,6-,8-,9-,10-/m1/s1. The van der Waals surface area contributed by atoms with Crippen LogP contribution in [0.15, 0.2) is 17.1 Å². The highest BCUT2D eigenvalue weighted by Crippen LogP contribution is 2.28. The zero-order chi connectivity index (χ0) is 17.9. The summed E-state index contributed by atoms with van der Waals surface area (Å²) in [5.41, 5.74) is 6.13. The average molecular weight is 346 g/mol. The van der Waals surface area contributed by atoms with Crippen LogP contribution < -0.4 is 16.9 Å². The number of aliphatic hydroxyl groups excluding tert-OH is 3. The molecule has 24 heavy (non-hydrogen) atoms. The zero-order valence-electron chi connectivity index (χ0n) is 12.3. The van der Waals surface area contributed by atoms with E-state index in [1.165, 1.54) is 12.3 Å². The van der Waals surface area contributed by atoms with Gasteiger partial charge in [-0.05, 0) is 6.07 Å². The van der Waals surface area contributed by atoms with Crippen LogP contribution in [0, 0.1) is 0 Å². The SMILES string of the molecule is N[C@H](CO)C(=O)OC[C@H]1O[C@@H](n2ccc(NO)nc2=O)[C@H](O)[C@@H]1O. The average Bonchev–Trinajstić information content (AvgIpc) is 2.86. The third-order valence-electron chi connectivity index (χ3n) is 3.45. The van der Waals surface area contributed by atoms with E-state index in [9.17, 15) is 19.8 Å². The lowest BCUT2D eigenvalue weighted by Gasteiger charge is -2.17. The monoisotopic (exact) mass is 346 g/mol. The smallest absolute Gasteiger partial charge is 0.351 e. The molecule has 1 fully saturated rings. The van der Waals surface area contributed by atoms with E-state index >= 15 is 0 Å². The van der Waals surface area contributed by atoms with Crippen molar-refractivity contribution >= 4 is 11.8 Å². The van der Waals surface area contributed by atoms with Gasteiger partial charge in [0.2, 0.25) is 0 Å². The van der Waals surface area contributed by atoms with Crippen molar-refractivity contribution in [2.24, 2.45) is 5.73 Å². The molecule has 1 aliphatic heterocycles. The van der Waals surface area contributed by atoms with Crippen molar-refractivity contribution in [3.63, 3.8) is 0 Å². The van der Waals surface area contributed by atoms with Gasteiger partial charge in [0.1, 0.15) is 31.0 Å². The fourth-order valence-electron chi connectivity index (χ4n) is 2.11. The first kappa shape index (κ1) is 18.3. The molecule has 0 amide bonds. The van der Waals surface area contributed by atoms with Crippen molar-refractivity contribution < 1.29 is 34.8 Å². The van der Waals surface area contributed by atoms with E-state index in [0.29, 0.717) is 0 Å². The fourth-order valence-corrected chi connectivity index (χ4v) is 2.11. The number of hydrogen-bond donors (Lipinski definition) is 6. The number of ether oxygens (including phenoxy) is 2. The van der Waals surface area contributed by atoms with Gasteiger partial charge in [-0.2, -0.15) is 4.98 Å². The van der Waals surface area contributed by atoms with Gasteiger partial charge in [-0.15, -0.1) is 0 Å². The summed E-state index contributed by atoms with van der Waals surface area (Å²) in [5, 5.41) is 37.4. The van der Waals surface area contributed by atoms with Gasteiger partial charge >= 0.3 is 11.7 Å². The normalized spacial score (nSPS) is 27.7. The minimum Gasteiger partial charge on any atom is -0.462 e. The molecule has 12 nitrogen and oxygen atoms in total. The largest absolute Gasteiger partial charge is 0.462 e. The van der Waals surface area contributed by atoms with E-state index in [-0.39, 0.29) is 5.82 Å². The molecular weight excluding hydrogens is 328 g/mol. The molecule has 0 saturated carbocycles. The van der Waals surface area contributed by atoms with E-state index in [0.717, 1.165) is 4.57 Å². The number of rotatable bonds is 6. The maximum Gasteiger partial charge on any atom is 0.351 e. The van der Waals surface area contributed by atoms with Crippen molar-refractivity contribution in [1.82, 2.24) is 9.55 Å². The van der Waals surface area contributed by atoms with Gasteiger partial charge in [0.05, 0.1) is 6.61 Å². The zero-order valence-corrected chi connectivity index (χ0v) is 12.3. The van der Waals surface area contributed by atoms with Gasteiger partial charge in [-0.3, -0.25) is 20.0 Å². The molecule has 2 rings (SSSR count). The molecule has 2 heterocycles. The number of hydrogen-bond acceptors (Lipinski definition) is 11. The first-order valence-electron chi connectivity index (χ1n) is 6.93. The van der Waals surface area contributed by atoms with Gasteiger partial charge in [-0.1, -0.05) is 0 Å². The Bertz CT molecular complexity index is 638. The Kier molecular flexibility index (Phi) is 5.82. The molecule has 7 N–H and O–H groups in total. The number of esters is 1. The summed E-state index contributed by atoms with van der Waals surface area (Å²) >= 11 is 0. The number of nitrogens with zero attached hydrogens (tertiary/aromatic N) is 2. The predicted molar refractivity (Wildman–Crippen MR) is 75.9 cm³/mol.